The van der Waals surface area contributed by atoms with E-state index in [2.05, 4.69) is 58.1 Å². The summed E-state index contributed by atoms with van der Waals surface area (Å²) in [5.41, 5.74) is 3.46. The highest BCUT2D eigenvalue weighted by Crippen LogP contribution is 2.37. The molecule has 1 heterocycles. The van der Waals surface area contributed by atoms with Crippen molar-refractivity contribution in [1.82, 2.24) is 9.78 Å². The van der Waals surface area contributed by atoms with Crippen LogP contribution in [0.2, 0.25) is 30.7 Å². The van der Waals surface area contributed by atoms with Gasteiger partial charge in [-0.25, -0.2) is 9.18 Å². The summed E-state index contributed by atoms with van der Waals surface area (Å²) >= 11 is 9.23. The number of carboxylic acids is 1. The van der Waals surface area contributed by atoms with Gasteiger partial charge in [-0.15, -0.1) is 0 Å². The quantitative estimate of drug-likeness (QED) is 0.187. The van der Waals surface area contributed by atoms with Crippen LogP contribution >= 0.6 is 27.5 Å². The van der Waals surface area contributed by atoms with Crippen molar-refractivity contribution in [2.24, 2.45) is 7.05 Å². The van der Waals surface area contributed by atoms with Crippen molar-refractivity contribution in [2.45, 2.75) is 37.6 Å². The number of nitrogens with one attached hydrogen (secondary N) is 1. The van der Waals surface area contributed by atoms with Gasteiger partial charge in [0.1, 0.15) is 16.0 Å². The maximum absolute atomic E-state index is 15.1. The number of halogens is 3. The van der Waals surface area contributed by atoms with Crippen molar-refractivity contribution >= 4 is 53.3 Å². The third-order valence-electron chi connectivity index (χ3n) is 6.41. The first-order valence-electron chi connectivity index (χ1n) is 12.0. The summed E-state index contributed by atoms with van der Waals surface area (Å²) in [5.74, 6) is -1.53. The van der Waals surface area contributed by atoms with Crippen LogP contribution in [0.4, 0.5) is 10.1 Å². The average Bonchev–Trinajstić information content (AvgIpc) is 3.34. The molecule has 37 heavy (non-hydrogen) atoms. The number of benzene rings is 2. The van der Waals surface area contributed by atoms with Crippen molar-refractivity contribution in [2.75, 3.05) is 18.5 Å². The zero-order chi connectivity index (χ0) is 26.9. The van der Waals surface area contributed by atoms with Gasteiger partial charge in [-0.2, -0.15) is 5.10 Å². The molecule has 1 aliphatic carbocycles. The predicted octanol–water partition coefficient (Wildman–Crippen LogP) is 7.34. The normalized spacial score (nSPS) is 15.6. The molecule has 196 valence electrons. The Hall–Kier alpha value is -2.46. The summed E-state index contributed by atoms with van der Waals surface area (Å²) < 4.78 is 22.7. The van der Waals surface area contributed by atoms with E-state index in [9.17, 15) is 9.90 Å². The Morgan fingerprint density at radius 2 is 2.05 bits per heavy atom. The molecule has 0 radical (unpaired) electrons. The molecular formula is C27H30BrClFN3O3Si. The number of rotatable bonds is 10. The number of carboxylic acid groups (broad SMARTS) is 1. The molecule has 0 saturated carbocycles. The number of carbonyl (C=O) groups is 1. The van der Waals surface area contributed by atoms with Crippen molar-refractivity contribution in [3.63, 3.8) is 0 Å². The Morgan fingerprint density at radius 3 is 2.73 bits per heavy atom. The molecular weight excluding hydrogens is 577 g/mol. The highest BCUT2D eigenvalue weighted by Gasteiger charge is 2.30. The largest absolute Gasteiger partial charge is 0.478 e. The molecule has 2 atom stereocenters. The van der Waals surface area contributed by atoms with Crippen LogP contribution in [0.15, 0.2) is 47.1 Å². The minimum absolute atomic E-state index is 0.0362. The van der Waals surface area contributed by atoms with E-state index in [0.717, 1.165) is 23.9 Å². The number of aryl methyl sites for hydroxylation is 1. The number of fused-ring (bicyclic) bond motifs is 1. The Labute approximate surface area is 230 Å². The van der Waals surface area contributed by atoms with Gasteiger partial charge in [0, 0.05) is 43.9 Å². The van der Waals surface area contributed by atoms with E-state index in [-0.39, 0.29) is 26.7 Å². The first-order chi connectivity index (χ1) is 17.4. The second-order valence-corrected chi connectivity index (χ2v) is 17.2. The fourth-order valence-corrected chi connectivity index (χ4v) is 5.96. The number of aromatic carboxylic acids is 1. The van der Waals surface area contributed by atoms with E-state index < -0.39 is 25.9 Å². The molecule has 10 heteroatoms. The predicted molar refractivity (Wildman–Crippen MR) is 152 cm³/mol. The van der Waals surface area contributed by atoms with Gasteiger partial charge in [0.15, 0.2) is 0 Å². The number of hydrogen-bond donors (Lipinski definition) is 2. The zero-order valence-electron chi connectivity index (χ0n) is 21.2. The van der Waals surface area contributed by atoms with Crippen LogP contribution in [0.1, 0.15) is 44.7 Å². The first-order valence-corrected chi connectivity index (χ1v) is 16.9. The third-order valence-corrected chi connectivity index (χ3v) is 8.90. The van der Waals surface area contributed by atoms with Crippen molar-refractivity contribution in [3.8, 4) is 0 Å². The van der Waals surface area contributed by atoms with Gasteiger partial charge in [0.05, 0.1) is 18.3 Å². The smallest absolute Gasteiger partial charge is 0.340 e. The maximum atomic E-state index is 15.1. The minimum Gasteiger partial charge on any atom is -0.478 e. The molecule has 3 aromatic rings. The molecule has 0 spiro atoms. The Morgan fingerprint density at radius 1 is 1.30 bits per heavy atom. The molecule has 2 unspecified atom stereocenters. The molecule has 0 fully saturated rings. The summed E-state index contributed by atoms with van der Waals surface area (Å²) in [6, 6.07) is 10.6. The van der Waals surface area contributed by atoms with Gasteiger partial charge >= 0.3 is 5.97 Å². The second-order valence-electron chi connectivity index (χ2n) is 10.4. The van der Waals surface area contributed by atoms with Crippen molar-refractivity contribution < 1.29 is 19.0 Å². The lowest BCUT2D eigenvalue weighted by molar-refractivity contribution is 0.0694. The summed E-state index contributed by atoms with van der Waals surface area (Å²) in [4.78, 5) is 12.1. The highest BCUT2D eigenvalue weighted by molar-refractivity contribution is 9.10. The zero-order valence-corrected chi connectivity index (χ0v) is 24.5. The summed E-state index contributed by atoms with van der Waals surface area (Å²) in [5, 5.41) is 17.7. The summed E-state index contributed by atoms with van der Waals surface area (Å²) in [7, 11) is 0.495. The maximum Gasteiger partial charge on any atom is 0.340 e. The van der Waals surface area contributed by atoms with E-state index in [1.54, 1.807) is 19.2 Å². The topological polar surface area (TPSA) is 76.4 Å². The molecule has 0 bridgehead atoms. The summed E-state index contributed by atoms with van der Waals surface area (Å²) in [6.07, 6.45) is 4.20. The van der Waals surface area contributed by atoms with Crippen LogP contribution in [0.3, 0.4) is 0 Å². The van der Waals surface area contributed by atoms with Crippen molar-refractivity contribution in [3.05, 3.63) is 85.9 Å². The van der Waals surface area contributed by atoms with E-state index in [0.29, 0.717) is 12.3 Å². The van der Waals surface area contributed by atoms with Gasteiger partial charge in [-0.3, -0.25) is 4.68 Å². The number of aromatic nitrogens is 2. The molecule has 6 nitrogen and oxygen atoms in total. The van der Waals surface area contributed by atoms with E-state index in [1.165, 1.54) is 16.3 Å². The number of ether oxygens (including phenoxy) is 1. The van der Waals surface area contributed by atoms with Crippen LogP contribution in [-0.4, -0.2) is 42.1 Å². The van der Waals surface area contributed by atoms with E-state index >= 15 is 4.39 Å². The highest BCUT2D eigenvalue weighted by atomic mass is 79.9. The van der Waals surface area contributed by atoms with Crippen LogP contribution in [-0.2, 0) is 11.8 Å². The first kappa shape index (κ1) is 27.6. The van der Waals surface area contributed by atoms with Crippen LogP contribution < -0.4 is 5.32 Å². The third kappa shape index (κ3) is 6.34. The monoisotopic (exact) mass is 605 g/mol. The van der Waals surface area contributed by atoms with Gasteiger partial charge in [0.25, 0.3) is 0 Å². The number of anilines is 1. The van der Waals surface area contributed by atoms with Crippen LogP contribution in [0.25, 0.3) is 6.08 Å². The van der Waals surface area contributed by atoms with Gasteiger partial charge in [0.2, 0.25) is 0 Å². The molecule has 4 rings (SSSR count). The molecule has 0 aliphatic heterocycles. The summed E-state index contributed by atoms with van der Waals surface area (Å²) in [6.45, 7) is 8.41. The van der Waals surface area contributed by atoms with E-state index in [4.69, 9.17) is 16.3 Å². The number of nitrogens with zero attached hydrogens (tertiary/aromatic N) is 2. The fourth-order valence-electron chi connectivity index (χ4n) is 4.43. The molecule has 0 amide bonds. The number of hydrogen-bond acceptors (Lipinski definition) is 4. The molecule has 1 aromatic heterocycles. The van der Waals surface area contributed by atoms with Crippen molar-refractivity contribution in [1.29, 1.82) is 0 Å². The average molecular weight is 607 g/mol. The lowest BCUT2D eigenvalue weighted by atomic mass is 9.98. The lowest BCUT2D eigenvalue weighted by Gasteiger charge is -2.23. The van der Waals surface area contributed by atoms with E-state index in [1.807, 2.05) is 18.2 Å². The molecule has 1 aliphatic rings. The second kappa shape index (κ2) is 11.1. The SMILES string of the molecule is Cn1nc(Br)c(C(=O)O)c1C(Nc1ccc2c(c1)C=CC2COCC[Si](C)(C)C)c1ccc(Cl)cc1F. The van der Waals surface area contributed by atoms with Gasteiger partial charge < -0.3 is 15.2 Å². The van der Waals surface area contributed by atoms with Gasteiger partial charge in [-0.1, -0.05) is 55.5 Å². The fraction of sp³-hybridized carbons (Fsp3) is 0.333. The van der Waals surface area contributed by atoms with Gasteiger partial charge in [-0.05, 0) is 57.4 Å². The molecule has 2 N–H and O–H groups in total. The van der Waals surface area contributed by atoms with Crippen LogP contribution in [0, 0.1) is 5.82 Å². The Balaban J connectivity index is 1.63. The Kier molecular flexibility index (Phi) is 8.28. The lowest BCUT2D eigenvalue weighted by Crippen LogP contribution is -2.22. The minimum atomic E-state index is -1.16. The molecule has 0 saturated heterocycles. The standard InChI is InChI=1S/C27H30BrClFN3O3Si/c1-33-25(23(27(34)35)26(28)32-33)24(21-9-7-18(29)14-22(21)30)31-19-8-10-20-16(13-19)5-6-17(20)15-36-11-12-37(2,3)4/h5-10,13-14,17,24,31H,11-12,15H2,1-4H3,(H,34,35). The molecule has 2 aromatic carbocycles. The Bertz CT molecular complexity index is 1360. The van der Waals surface area contributed by atoms with Crippen LogP contribution in [0.5, 0.6) is 0 Å².